The van der Waals surface area contributed by atoms with Crippen LogP contribution in [-0.4, -0.2) is 20.9 Å². The Morgan fingerprint density at radius 1 is 1.35 bits per heavy atom. The van der Waals surface area contributed by atoms with Crippen LogP contribution in [0.1, 0.15) is 17.0 Å². The van der Waals surface area contributed by atoms with Crippen LogP contribution in [0, 0.1) is 6.92 Å². The molecule has 2 aromatic heterocycles. The molecule has 1 amide bonds. The van der Waals surface area contributed by atoms with Crippen LogP contribution in [0.4, 0.5) is 0 Å². The highest BCUT2D eigenvalue weighted by Gasteiger charge is 2.11. The minimum absolute atomic E-state index is 0.00690. The summed E-state index contributed by atoms with van der Waals surface area (Å²) >= 11 is 0. The monoisotopic (exact) mass is 268 g/mol. The number of fused-ring (bicyclic) bond motifs is 1. The van der Waals surface area contributed by atoms with Crippen molar-refractivity contribution in [1.82, 2.24) is 20.3 Å². The number of H-pyrrole nitrogens is 2. The van der Waals surface area contributed by atoms with Crippen molar-refractivity contribution in [3.05, 3.63) is 53.7 Å². The van der Waals surface area contributed by atoms with Gasteiger partial charge in [0.15, 0.2) is 0 Å². The van der Waals surface area contributed by atoms with Gasteiger partial charge in [-0.1, -0.05) is 18.2 Å². The van der Waals surface area contributed by atoms with Crippen LogP contribution < -0.4 is 5.32 Å². The third kappa shape index (κ3) is 2.42. The van der Waals surface area contributed by atoms with Crippen LogP contribution in [-0.2, 0) is 17.8 Å². The summed E-state index contributed by atoms with van der Waals surface area (Å²) in [5, 5.41) is 4.00. The molecule has 0 radical (unpaired) electrons. The van der Waals surface area contributed by atoms with Crippen LogP contribution in [0.2, 0.25) is 0 Å². The first-order valence-corrected chi connectivity index (χ1v) is 6.54. The lowest BCUT2D eigenvalue weighted by Crippen LogP contribution is -2.24. The van der Waals surface area contributed by atoms with Crippen molar-refractivity contribution in [1.29, 1.82) is 0 Å². The largest absolute Gasteiger partial charge is 0.358 e. The third-order valence-electron chi connectivity index (χ3n) is 3.40. The Hall–Kier alpha value is -2.56. The average Bonchev–Trinajstić information content (AvgIpc) is 3.06. The molecule has 0 spiro atoms. The number of para-hydroxylation sites is 1. The molecular formula is C15H16N4O. The zero-order valence-electron chi connectivity index (χ0n) is 11.2. The van der Waals surface area contributed by atoms with Gasteiger partial charge in [-0.3, -0.25) is 4.79 Å². The van der Waals surface area contributed by atoms with E-state index in [1.165, 1.54) is 0 Å². The van der Waals surface area contributed by atoms with Gasteiger partial charge in [0.25, 0.3) is 0 Å². The highest BCUT2D eigenvalue weighted by Crippen LogP contribution is 2.22. The first kappa shape index (κ1) is 12.5. The van der Waals surface area contributed by atoms with Crippen molar-refractivity contribution >= 4 is 16.8 Å². The van der Waals surface area contributed by atoms with Gasteiger partial charge in [-0.05, 0) is 18.6 Å². The Morgan fingerprint density at radius 3 is 3.00 bits per heavy atom. The fraction of sp³-hybridized carbons (Fsp3) is 0.200. The lowest BCUT2D eigenvalue weighted by Gasteiger charge is -2.04. The van der Waals surface area contributed by atoms with Gasteiger partial charge in [-0.25, -0.2) is 4.98 Å². The number of nitrogens with one attached hydrogen (secondary N) is 3. The number of aromatic amines is 2. The molecule has 3 aromatic rings. The quantitative estimate of drug-likeness (QED) is 0.677. The highest BCUT2D eigenvalue weighted by molar-refractivity contribution is 5.90. The number of rotatable bonds is 4. The van der Waals surface area contributed by atoms with E-state index in [1.807, 2.05) is 31.2 Å². The van der Waals surface area contributed by atoms with Gasteiger partial charge in [0.1, 0.15) is 0 Å². The van der Waals surface area contributed by atoms with E-state index in [-0.39, 0.29) is 5.91 Å². The lowest BCUT2D eigenvalue weighted by atomic mass is 10.1. The van der Waals surface area contributed by atoms with E-state index in [9.17, 15) is 4.79 Å². The van der Waals surface area contributed by atoms with E-state index in [0.717, 1.165) is 27.9 Å². The van der Waals surface area contributed by atoms with Crippen molar-refractivity contribution in [2.75, 3.05) is 0 Å². The number of amides is 1. The molecule has 0 saturated heterocycles. The number of hydrogen-bond acceptors (Lipinski definition) is 2. The molecular weight excluding hydrogens is 252 g/mol. The fourth-order valence-corrected chi connectivity index (χ4v) is 2.36. The lowest BCUT2D eigenvalue weighted by molar-refractivity contribution is -0.120. The molecule has 0 aliphatic carbocycles. The van der Waals surface area contributed by atoms with E-state index in [4.69, 9.17) is 0 Å². The molecule has 0 aliphatic rings. The molecule has 5 nitrogen and oxygen atoms in total. The standard InChI is InChI=1S/C15H16N4O/c1-10-13(12-4-2-3-5-14(12)19-10)6-15(20)17-8-11-7-16-9-18-11/h2-5,7,9,19H,6,8H2,1H3,(H,16,18)(H,17,20). The Bertz CT molecular complexity index is 728. The summed E-state index contributed by atoms with van der Waals surface area (Å²) < 4.78 is 0. The van der Waals surface area contributed by atoms with Crippen LogP contribution in [0.5, 0.6) is 0 Å². The summed E-state index contributed by atoms with van der Waals surface area (Å²) in [5.41, 5.74) is 4.07. The predicted molar refractivity (Wildman–Crippen MR) is 77.2 cm³/mol. The Balaban J connectivity index is 1.72. The van der Waals surface area contributed by atoms with Gasteiger partial charge in [-0.15, -0.1) is 0 Å². The molecule has 0 bridgehead atoms. The molecule has 0 aliphatic heterocycles. The molecule has 0 fully saturated rings. The number of aromatic nitrogens is 3. The van der Waals surface area contributed by atoms with Crippen molar-refractivity contribution in [2.24, 2.45) is 0 Å². The summed E-state index contributed by atoms with van der Waals surface area (Å²) in [6.45, 7) is 2.47. The van der Waals surface area contributed by atoms with Crippen molar-refractivity contribution < 1.29 is 4.79 Å². The topological polar surface area (TPSA) is 73.6 Å². The van der Waals surface area contributed by atoms with Gasteiger partial charge in [-0.2, -0.15) is 0 Å². The second-order valence-corrected chi connectivity index (χ2v) is 4.80. The number of hydrogen-bond donors (Lipinski definition) is 3. The molecule has 2 heterocycles. The predicted octanol–water partition coefficient (Wildman–Crippen LogP) is 2.06. The van der Waals surface area contributed by atoms with Gasteiger partial charge in [0.05, 0.1) is 25.0 Å². The van der Waals surface area contributed by atoms with Crippen LogP contribution >= 0.6 is 0 Å². The number of aryl methyl sites for hydroxylation is 1. The van der Waals surface area contributed by atoms with E-state index in [1.54, 1.807) is 12.5 Å². The first-order chi connectivity index (χ1) is 9.74. The summed E-state index contributed by atoms with van der Waals surface area (Å²) in [5.74, 6) is 0.00690. The van der Waals surface area contributed by atoms with Crippen molar-refractivity contribution in [2.45, 2.75) is 19.9 Å². The van der Waals surface area contributed by atoms with Gasteiger partial charge >= 0.3 is 0 Å². The molecule has 20 heavy (non-hydrogen) atoms. The van der Waals surface area contributed by atoms with Crippen LogP contribution in [0.3, 0.4) is 0 Å². The van der Waals surface area contributed by atoms with Crippen LogP contribution in [0.15, 0.2) is 36.8 Å². The minimum Gasteiger partial charge on any atom is -0.358 e. The Kier molecular flexibility index (Phi) is 3.25. The average molecular weight is 268 g/mol. The van der Waals surface area contributed by atoms with E-state index in [2.05, 4.69) is 20.3 Å². The van der Waals surface area contributed by atoms with E-state index >= 15 is 0 Å². The zero-order chi connectivity index (χ0) is 13.9. The number of imidazole rings is 1. The molecule has 5 heteroatoms. The Labute approximate surface area is 116 Å². The second-order valence-electron chi connectivity index (χ2n) is 4.80. The molecule has 3 rings (SSSR count). The molecule has 3 N–H and O–H groups in total. The minimum atomic E-state index is 0.00690. The fourth-order valence-electron chi connectivity index (χ4n) is 2.36. The first-order valence-electron chi connectivity index (χ1n) is 6.54. The summed E-state index contributed by atoms with van der Waals surface area (Å²) in [6.07, 6.45) is 3.69. The molecule has 0 atom stereocenters. The Morgan fingerprint density at radius 2 is 2.20 bits per heavy atom. The second kappa shape index (κ2) is 5.21. The normalized spacial score (nSPS) is 10.8. The number of carbonyl (C=O) groups is 1. The van der Waals surface area contributed by atoms with E-state index < -0.39 is 0 Å². The summed E-state index contributed by atoms with van der Waals surface area (Å²) in [4.78, 5) is 22.2. The third-order valence-corrected chi connectivity index (χ3v) is 3.40. The summed E-state index contributed by atoms with van der Waals surface area (Å²) in [6, 6.07) is 8.03. The highest BCUT2D eigenvalue weighted by atomic mass is 16.1. The number of nitrogens with zero attached hydrogens (tertiary/aromatic N) is 1. The SMILES string of the molecule is Cc1[nH]c2ccccc2c1CC(=O)NCc1cnc[nH]1. The summed E-state index contributed by atoms with van der Waals surface area (Å²) in [7, 11) is 0. The maximum Gasteiger partial charge on any atom is 0.224 e. The molecule has 102 valence electrons. The zero-order valence-corrected chi connectivity index (χ0v) is 11.2. The number of carbonyl (C=O) groups excluding carboxylic acids is 1. The van der Waals surface area contributed by atoms with Gasteiger partial charge in [0.2, 0.25) is 5.91 Å². The smallest absolute Gasteiger partial charge is 0.224 e. The van der Waals surface area contributed by atoms with Gasteiger partial charge in [0, 0.05) is 22.8 Å². The maximum absolute atomic E-state index is 12.0. The van der Waals surface area contributed by atoms with Crippen molar-refractivity contribution in [3.8, 4) is 0 Å². The molecule has 0 saturated carbocycles. The van der Waals surface area contributed by atoms with Crippen LogP contribution in [0.25, 0.3) is 10.9 Å². The van der Waals surface area contributed by atoms with Crippen molar-refractivity contribution in [3.63, 3.8) is 0 Å². The number of benzene rings is 1. The molecule has 0 unspecified atom stereocenters. The van der Waals surface area contributed by atoms with Gasteiger partial charge < -0.3 is 15.3 Å². The van der Waals surface area contributed by atoms with E-state index in [0.29, 0.717) is 13.0 Å². The maximum atomic E-state index is 12.0. The molecule has 1 aromatic carbocycles.